The summed E-state index contributed by atoms with van der Waals surface area (Å²) >= 11 is 0. The molecule has 4 rings (SSSR count). The predicted molar refractivity (Wildman–Crippen MR) is 87.2 cm³/mol. The van der Waals surface area contributed by atoms with E-state index in [1.807, 2.05) is 0 Å². The monoisotopic (exact) mass is 333 g/mol. The maximum absolute atomic E-state index is 13.3. The van der Waals surface area contributed by atoms with Gasteiger partial charge in [-0.3, -0.25) is 9.69 Å². The number of carbonyl (C=O) groups excluding carboxylic acids is 1. The van der Waals surface area contributed by atoms with Crippen LogP contribution in [-0.2, 0) is 4.74 Å². The van der Waals surface area contributed by atoms with E-state index in [9.17, 15) is 9.18 Å². The number of likely N-dealkylation sites (tertiary alicyclic amines) is 1. The van der Waals surface area contributed by atoms with Crippen molar-refractivity contribution in [3.05, 3.63) is 29.8 Å². The van der Waals surface area contributed by atoms with E-state index in [0.29, 0.717) is 18.7 Å². The smallest absolute Gasteiger partial charge is 0.254 e. The van der Waals surface area contributed by atoms with Gasteiger partial charge in [-0.2, -0.15) is 4.39 Å². The van der Waals surface area contributed by atoms with Crippen LogP contribution in [0.15, 0.2) is 18.3 Å². The highest BCUT2D eigenvalue weighted by atomic mass is 19.1. The Bertz CT molecular complexity index is 606. The first kappa shape index (κ1) is 16.0. The van der Waals surface area contributed by atoms with Gasteiger partial charge in [0.25, 0.3) is 5.91 Å². The molecule has 0 N–H and O–H groups in total. The number of carbonyl (C=O) groups is 1. The summed E-state index contributed by atoms with van der Waals surface area (Å²) in [5.41, 5.74) is 0.364. The molecule has 3 fully saturated rings. The van der Waals surface area contributed by atoms with Gasteiger partial charge in [0, 0.05) is 44.0 Å². The number of amides is 1. The summed E-state index contributed by atoms with van der Waals surface area (Å²) in [5.74, 6) is 0.0504. The second-order valence-corrected chi connectivity index (χ2v) is 7.20. The van der Waals surface area contributed by atoms with Crippen LogP contribution >= 0.6 is 0 Å². The van der Waals surface area contributed by atoms with Gasteiger partial charge in [-0.15, -0.1) is 0 Å². The Hall–Kier alpha value is -1.53. The normalized spacial score (nSPS) is 28.3. The first-order valence-corrected chi connectivity index (χ1v) is 8.97. The lowest BCUT2D eigenvalue weighted by Gasteiger charge is -2.38. The van der Waals surface area contributed by atoms with E-state index in [1.54, 1.807) is 11.0 Å². The van der Waals surface area contributed by atoms with E-state index in [1.165, 1.54) is 37.9 Å². The van der Waals surface area contributed by atoms with Crippen molar-refractivity contribution in [1.29, 1.82) is 0 Å². The molecule has 5 nitrogen and oxygen atoms in total. The summed E-state index contributed by atoms with van der Waals surface area (Å²) in [6.07, 6.45) is 6.77. The van der Waals surface area contributed by atoms with Crippen LogP contribution in [-0.4, -0.2) is 65.6 Å². The number of halogens is 1. The first-order valence-electron chi connectivity index (χ1n) is 8.97. The Morgan fingerprint density at radius 1 is 1.33 bits per heavy atom. The zero-order chi connectivity index (χ0) is 16.5. The summed E-state index contributed by atoms with van der Waals surface area (Å²) in [6, 6.07) is 3.06. The zero-order valence-corrected chi connectivity index (χ0v) is 13.9. The van der Waals surface area contributed by atoms with Crippen LogP contribution in [0.3, 0.4) is 0 Å². The van der Waals surface area contributed by atoms with Gasteiger partial charge in [-0.05, 0) is 24.8 Å². The molecular weight excluding hydrogens is 309 g/mol. The van der Waals surface area contributed by atoms with Crippen LogP contribution in [0.2, 0.25) is 0 Å². The molecule has 130 valence electrons. The van der Waals surface area contributed by atoms with Crippen LogP contribution in [0.25, 0.3) is 0 Å². The van der Waals surface area contributed by atoms with Crippen molar-refractivity contribution in [2.75, 3.05) is 32.8 Å². The molecule has 0 bridgehead atoms. The number of hydrogen-bond donors (Lipinski definition) is 0. The first-order chi connectivity index (χ1) is 11.7. The number of nitrogens with zero attached hydrogens (tertiary/aromatic N) is 3. The fourth-order valence-electron chi connectivity index (χ4n) is 4.39. The third-order valence-electron chi connectivity index (χ3n) is 5.64. The molecule has 0 unspecified atom stereocenters. The average molecular weight is 333 g/mol. The fraction of sp³-hybridized carbons (Fsp3) is 0.667. The lowest BCUT2D eigenvalue weighted by atomic mass is 10.0. The van der Waals surface area contributed by atoms with Gasteiger partial charge in [0.05, 0.1) is 18.8 Å². The minimum atomic E-state index is -0.614. The van der Waals surface area contributed by atoms with E-state index in [0.717, 1.165) is 25.6 Å². The SMILES string of the molecule is O=C(c1ccnc(F)c1)N1C[C@@H]2OCCN(CC3CCCC3)[C@H]2C1. The molecule has 1 aromatic heterocycles. The average Bonchev–Trinajstić information content (AvgIpc) is 3.24. The van der Waals surface area contributed by atoms with Crippen LogP contribution in [0, 0.1) is 11.9 Å². The zero-order valence-electron chi connectivity index (χ0n) is 13.9. The van der Waals surface area contributed by atoms with Gasteiger partial charge in [-0.25, -0.2) is 4.98 Å². The van der Waals surface area contributed by atoms with Gasteiger partial charge in [0.1, 0.15) is 0 Å². The topological polar surface area (TPSA) is 45.7 Å². The number of ether oxygens (including phenoxy) is 1. The number of rotatable bonds is 3. The van der Waals surface area contributed by atoms with Gasteiger partial charge in [0.2, 0.25) is 5.95 Å². The Labute approximate surface area is 141 Å². The van der Waals surface area contributed by atoms with E-state index >= 15 is 0 Å². The van der Waals surface area contributed by atoms with Crippen LogP contribution in [0.1, 0.15) is 36.0 Å². The lowest BCUT2D eigenvalue weighted by Crippen LogP contribution is -2.52. The van der Waals surface area contributed by atoms with Crippen molar-refractivity contribution >= 4 is 5.91 Å². The summed E-state index contributed by atoms with van der Waals surface area (Å²) in [5, 5.41) is 0. The number of fused-ring (bicyclic) bond motifs is 1. The number of morpholine rings is 1. The summed E-state index contributed by atoms with van der Waals surface area (Å²) in [6.45, 7) is 4.06. The Morgan fingerprint density at radius 3 is 2.96 bits per heavy atom. The Morgan fingerprint density at radius 2 is 2.17 bits per heavy atom. The molecule has 3 heterocycles. The standard InChI is InChI=1S/C18H24FN3O2/c19-17-9-14(5-6-20-17)18(23)22-11-15-16(12-22)24-8-7-21(15)10-13-3-1-2-4-13/h5-6,9,13,15-16H,1-4,7-8,10-12H2/t15-,16-/m0/s1. The molecule has 24 heavy (non-hydrogen) atoms. The maximum Gasteiger partial charge on any atom is 0.254 e. The largest absolute Gasteiger partial charge is 0.373 e. The van der Waals surface area contributed by atoms with Crippen molar-refractivity contribution in [3.8, 4) is 0 Å². The number of hydrogen-bond acceptors (Lipinski definition) is 4. The van der Waals surface area contributed by atoms with Crippen LogP contribution < -0.4 is 0 Å². The molecule has 1 saturated carbocycles. The van der Waals surface area contributed by atoms with Gasteiger partial charge < -0.3 is 9.64 Å². The second kappa shape index (κ2) is 6.76. The number of aromatic nitrogens is 1. The summed E-state index contributed by atoms with van der Waals surface area (Å²) in [4.78, 5) is 20.5. The van der Waals surface area contributed by atoms with Gasteiger partial charge in [-0.1, -0.05) is 12.8 Å². The fourth-order valence-corrected chi connectivity index (χ4v) is 4.39. The molecule has 3 aliphatic rings. The van der Waals surface area contributed by atoms with E-state index in [2.05, 4.69) is 9.88 Å². The molecule has 0 radical (unpaired) electrons. The second-order valence-electron chi connectivity index (χ2n) is 7.20. The summed E-state index contributed by atoms with van der Waals surface area (Å²) < 4.78 is 19.2. The number of pyridine rings is 1. The highest BCUT2D eigenvalue weighted by Crippen LogP contribution is 2.30. The van der Waals surface area contributed by atoms with E-state index < -0.39 is 5.95 Å². The molecule has 2 atom stereocenters. The van der Waals surface area contributed by atoms with Gasteiger partial charge >= 0.3 is 0 Å². The maximum atomic E-state index is 13.3. The molecule has 0 aromatic carbocycles. The highest BCUT2D eigenvalue weighted by Gasteiger charge is 2.42. The van der Waals surface area contributed by atoms with E-state index in [4.69, 9.17) is 4.74 Å². The van der Waals surface area contributed by atoms with Crippen molar-refractivity contribution in [1.82, 2.24) is 14.8 Å². The minimum Gasteiger partial charge on any atom is -0.373 e. The van der Waals surface area contributed by atoms with Crippen LogP contribution in [0.5, 0.6) is 0 Å². The third-order valence-corrected chi connectivity index (χ3v) is 5.64. The summed E-state index contributed by atoms with van der Waals surface area (Å²) in [7, 11) is 0. The molecule has 1 amide bonds. The molecule has 2 aliphatic heterocycles. The molecule has 2 saturated heterocycles. The molecule has 0 spiro atoms. The van der Waals surface area contributed by atoms with Crippen LogP contribution in [0.4, 0.5) is 4.39 Å². The molecule has 1 aromatic rings. The third kappa shape index (κ3) is 3.17. The van der Waals surface area contributed by atoms with Crippen molar-refractivity contribution in [2.45, 2.75) is 37.8 Å². The predicted octanol–water partition coefficient (Wildman–Crippen LogP) is 1.94. The van der Waals surface area contributed by atoms with Crippen molar-refractivity contribution in [2.24, 2.45) is 5.92 Å². The van der Waals surface area contributed by atoms with E-state index in [-0.39, 0.29) is 18.1 Å². The lowest BCUT2D eigenvalue weighted by molar-refractivity contribution is -0.0516. The quantitative estimate of drug-likeness (QED) is 0.793. The Balaban J connectivity index is 1.44. The minimum absolute atomic E-state index is 0.0794. The van der Waals surface area contributed by atoms with Crippen molar-refractivity contribution in [3.63, 3.8) is 0 Å². The Kier molecular flexibility index (Phi) is 4.50. The van der Waals surface area contributed by atoms with Crippen molar-refractivity contribution < 1.29 is 13.9 Å². The molecular formula is C18H24FN3O2. The molecule has 6 heteroatoms. The molecule has 1 aliphatic carbocycles. The van der Waals surface area contributed by atoms with Gasteiger partial charge in [0.15, 0.2) is 0 Å². The highest BCUT2D eigenvalue weighted by molar-refractivity contribution is 5.94.